The van der Waals surface area contributed by atoms with Gasteiger partial charge in [-0.15, -0.1) is 0 Å². The van der Waals surface area contributed by atoms with Crippen molar-refractivity contribution in [2.45, 2.75) is 0 Å². The van der Waals surface area contributed by atoms with E-state index in [0.717, 1.165) is 4.48 Å². The summed E-state index contributed by atoms with van der Waals surface area (Å²) < 4.78 is 1.04. The van der Waals surface area contributed by atoms with Gasteiger partial charge in [0.2, 0.25) is 0 Å². The van der Waals surface area contributed by atoms with Gasteiger partial charge in [0.25, 0.3) is 0 Å². The molecule has 6 heteroatoms. The summed E-state index contributed by atoms with van der Waals surface area (Å²) in [6.07, 6.45) is 1.34. The van der Waals surface area contributed by atoms with Crippen molar-refractivity contribution in [2.75, 3.05) is 5.73 Å². The fourth-order valence-corrected chi connectivity index (χ4v) is 0.739. The lowest BCUT2D eigenvalue weighted by Crippen LogP contribution is -2.27. The second-order valence-corrected chi connectivity index (χ2v) is 2.09. The van der Waals surface area contributed by atoms with Gasteiger partial charge in [-0.2, -0.15) is 0 Å². The Hall–Kier alpha value is -1.27. The lowest BCUT2D eigenvalue weighted by molar-refractivity contribution is 0.392. The van der Waals surface area contributed by atoms with Crippen molar-refractivity contribution in [3.05, 3.63) is 23.7 Å². The van der Waals surface area contributed by atoms with E-state index in [0.29, 0.717) is 0 Å². The van der Waals surface area contributed by atoms with Gasteiger partial charge in [0, 0.05) is 6.07 Å². The number of nitrogens with one attached hydrogen (secondary N) is 1. The molecule has 0 aliphatic heterocycles. The van der Waals surface area contributed by atoms with Crippen molar-refractivity contribution in [3.63, 3.8) is 0 Å². The van der Waals surface area contributed by atoms with Crippen LogP contribution in [0.4, 0.5) is 5.82 Å². The average molecular weight is 153 g/mol. The topological polar surface area (TPSA) is 95.3 Å². The van der Waals surface area contributed by atoms with Gasteiger partial charge in [0.1, 0.15) is 0 Å². The lowest BCUT2D eigenvalue weighted by Gasteiger charge is -2.06. The summed E-state index contributed by atoms with van der Waals surface area (Å²) >= 11 is 0. The Morgan fingerprint density at radius 1 is 1.55 bits per heavy atom. The van der Waals surface area contributed by atoms with Gasteiger partial charge >= 0.3 is 7.25 Å². The van der Waals surface area contributed by atoms with Gasteiger partial charge in [0.15, 0.2) is 0 Å². The smallest absolute Gasteiger partial charge is 0.407 e. The zero-order valence-corrected chi connectivity index (χ0v) is 5.73. The molecule has 58 valence electrons. The molecule has 0 amide bonds. The van der Waals surface area contributed by atoms with Crippen molar-refractivity contribution in [1.29, 1.82) is 5.41 Å². The molecule has 0 aromatic carbocycles. The zero-order valence-electron chi connectivity index (χ0n) is 5.73. The van der Waals surface area contributed by atoms with Crippen LogP contribution in [0.1, 0.15) is 0 Å². The second-order valence-electron chi connectivity index (χ2n) is 2.09. The van der Waals surface area contributed by atoms with Crippen molar-refractivity contribution >= 4 is 13.1 Å². The molecule has 0 radical (unpaired) electrons. The highest BCUT2D eigenvalue weighted by molar-refractivity contribution is 6.39. The Morgan fingerprint density at radius 3 is 2.64 bits per heavy atom. The Kier molecular flexibility index (Phi) is 1.97. The first-order valence-corrected chi connectivity index (χ1v) is 2.99. The summed E-state index contributed by atoms with van der Waals surface area (Å²) in [4.78, 5) is 0. The van der Waals surface area contributed by atoms with Gasteiger partial charge in [-0.05, 0) is 12.3 Å². The molecule has 1 aromatic heterocycles. The van der Waals surface area contributed by atoms with Crippen molar-refractivity contribution < 1.29 is 10.0 Å². The second kappa shape index (κ2) is 2.77. The predicted molar refractivity (Wildman–Crippen MR) is 40.3 cm³/mol. The molecule has 5 nitrogen and oxygen atoms in total. The molecule has 5 N–H and O–H groups in total. The molecule has 0 bridgehead atoms. The largest absolute Gasteiger partial charge is 0.593 e. The number of hydrogen-bond acceptors (Lipinski definition) is 4. The molecule has 11 heavy (non-hydrogen) atoms. The highest BCUT2D eigenvalue weighted by Gasteiger charge is 2.10. The molecule has 0 saturated carbocycles. The monoisotopic (exact) mass is 153 g/mol. The molecular weight excluding hydrogens is 145 g/mol. The van der Waals surface area contributed by atoms with Crippen LogP contribution in [0.2, 0.25) is 0 Å². The van der Waals surface area contributed by atoms with Crippen LogP contribution >= 0.6 is 0 Å². The van der Waals surface area contributed by atoms with E-state index in [9.17, 15) is 0 Å². The summed E-state index contributed by atoms with van der Waals surface area (Å²) in [5.41, 5.74) is 5.35. The maximum atomic E-state index is 8.67. The Bertz CT molecular complexity index is 309. The fraction of sp³-hybridized carbons (Fsp3) is 0. The first-order valence-electron chi connectivity index (χ1n) is 2.99. The molecule has 0 atom stereocenters. The Labute approximate surface area is 63.4 Å². The predicted octanol–water partition coefficient (Wildman–Crippen LogP) is -1.63. The Balaban J connectivity index is 3.20. The molecule has 0 spiro atoms. The maximum Gasteiger partial charge on any atom is 0.593 e. The van der Waals surface area contributed by atoms with E-state index in [1.807, 2.05) is 0 Å². The van der Waals surface area contributed by atoms with Gasteiger partial charge in [0.05, 0.1) is 11.2 Å². The molecule has 0 unspecified atom stereocenters. The first-order chi connectivity index (χ1) is 5.11. The minimum absolute atomic E-state index is 0.146. The number of pyridine rings is 1. The number of anilines is 1. The van der Waals surface area contributed by atoms with Crippen molar-refractivity contribution in [3.8, 4) is 0 Å². The molecule has 0 aliphatic rings. The molecule has 1 rings (SSSR count). The van der Waals surface area contributed by atoms with Crippen molar-refractivity contribution in [2.24, 2.45) is 0 Å². The number of aromatic nitrogens is 1. The van der Waals surface area contributed by atoms with Crippen LogP contribution in [0.15, 0.2) is 18.3 Å². The van der Waals surface area contributed by atoms with Gasteiger partial charge in [-0.3, -0.25) is 0 Å². The molecule has 0 aliphatic carbocycles. The van der Waals surface area contributed by atoms with E-state index in [4.69, 9.17) is 21.2 Å². The summed E-state index contributed by atoms with van der Waals surface area (Å²) in [6.45, 7) is 0. The number of rotatable bonds is 1. The Morgan fingerprint density at radius 2 is 2.18 bits per heavy atom. The third-order valence-corrected chi connectivity index (χ3v) is 1.27. The van der Waals surface area contributed by atoms with Crippen LogP contribution in [-0.2, 0) is 0 Å². The molecule has 0 saturated heterocycles. The van der Waals surface area contributed by atoms with Crippen LogP contribution in [0, 0.1) is 5.41 Å². The number of nitrogen functional groups attached to an aromatic ring is 1. The van der Waals surface area contributed by atoms with Crippen LogP contribution in [-0.4, -0.2) is 21.8 Å². The number of nitrogens with zero attached hydrogens (tertiary/aromatic N) is 1. The van der Waals surface area contributed by atoms with Crippen LogP contribution in [0.25, 0.3) is 0 Å². The average Bonchev–Trinajstić information content (AvgIpc) is 1.85. The number of hydrogen-bond donors (Lipinski definition) is 4. The van der Waals surface area contributed by atoms with Crippen LogP contribution in [0.5, 0.6) is 0 Å². The molecule has 1 aromatic rings. The lowest BCUT2D eigenvalue weighted by atomic mass is 10.1. The van der Waals surface area contributed by atoms with Gasteiger partial charge < -0.3 is 25.7 Å². The first kappa shape index (κ1) is 7.84. The third kappa shape index (κ3) is 1.60. The standard InChI is InChI=1S/C5H8BN3O2/c7-4-1-2-9(6(10)11)5(8)3-4/h1-3,7,10-11H,8H2. The maximum absolute atomic E-state index is 8.67. The van der Waals surface area contributed by atoms with Gasteiger partial charge in [-0.1, -0.05) is 0 Å². The minimum Gasteiger partial charge on any atom is -0.407 e. The highest BCUT2D eigenvalue weighted by Crippen LogP contribution is 1.95. The minimum atomic E-state index is -1.64. The van der Waals surface area contributed by atoms with Crippen LogP contribution in [0.3, 0.4) is 0 Å². The molecular formula is C5H8BN3O2. The summed E-state index contributed by atoms with van der Waals surface area (Å²) in [5, 5.41) is 24.7. The summed E-state index contributed by atoms with van der Waals surface area (Å²) in [6, 6.07) is 2.75. The normalized spacial score (nSPS) is 9.64. The van der Waals surface area contributed by atoms with E-state index < -0.39 is 7.25 Å². The van der Waals surface area contributed by atoms with E-state index in [1.54, 1.807) is 0 Å². The van der Waals surface area contributed by atoms with Gasteiger partial charge in [-0.25, -0.2) is 0 Å². The van der Waals surface area contributed by atoms with E-state index in [2.05, 4.69) is 0 Å². The fourth-order valence-electron chi connectivity index (χ4n) is 0.739. The molecule has 0 fully saturated rings. The molecule has 1 heterocycles. The highest BCUT2D eigenvalue weighted by atomic mass is 16.4. The van der Waals surface area contributed by atoms with E-state index in [1.165, 1.54) is 18.3 Å². The summed E-state index contributed by atoms with van der Waals surface area (Å²) in [5.74, 6) is 0.146. The summed E-state index contributed by atoms with van der Waals surface area (Å²) in [7, 11) is -1.64. The third-order valence-electron chi connectivity index (χ3n) is 1.27. The quantitative estimate of drug-likeness (QED) is 0.364. The van der Waals surface area contributed by atoms with E-state index in [-0.39, 0.29) is 11.2 Å². The zero-order chi connectivity index (χ0) is 8.43. The van der Waals surface area contributed by atoms with Crippen LogP contribution < -0.4 is 11.1 Å². The van der Waals surface area contributed by atoms with E-state index >= 15 is 0 Å². The SMILES string of the molecule is N=c1ccn(B(O)O)c(N)c1. The number of nitrogens with two attached hydrogens (primary N) is 1. The van der Waals surface area contributed by atoms with Crippen molar-refractivity contribution in [1.82, 2.24) is 4.48 Å².